The van der Waals surface area contributed by atoms with Gasteiger partial charge in [-0.1, -0.05) is 0 Å². The van der Waals surface area contributed by atoms with E-state index in [0.29, 0.717) is 5.82 Å². The van der Waals surface area contributed by atoms with Crippen molar-refractivity contribution in [2.45, 2.75) is 24.8 Å². The standard InChI is InChI=1S/C9H11N3O2S/c1-7(2)12-6-11-15(13,14)8-4-3-5-10-9(8)12/h3-7H,1-2H3. The molecule has 2 heterocycles. The molecule has 0 aliphatic carbocycles. The van der Waals surface area contributed by atoms with E-state index < -0.39 is 10.0 Å². The van der Waals surface area contributed by atoms with Crippen LogP contribution in [0, 0.1) is 0 Å². The smallest absolute Gasteiger partial charge is 0.287 e. The molecule has 0 atom stereocenters. The highest BCUT2D eigenvalue weighted by Gasteiger charge is 2.27. The Bertz CT molecular complexity index is 508. The van der Waals surface area contributed by atoms with E-state index in [9.17, 15) is 8.42 Å². The Morgan fingerprint density at radius 3 is 2.80 bits per heavy atom. The monoisotopic (exact) mass is 225 g/mol. The quantitative estimate of drug-likeness (QED) is 0.716. The fourth-order valence-electron chi connectivity index (χ4n) is 1.38. The second-order valence-corrected chi connectivity index (χ2v) is 5.12. The van der Waals surface area contributed by atoms with Crippen molar-refractivity contribution in [1.82, 2.24) is 4.98 Å². The number of hydrogen-bond acceptors (Lipinski definition) is 4. The topological polar surface area (TPSA) is 62.6 Å². The Morgan fingerprint density at radius 2 is 2.13 bits per heavy atom. The highest BCUT2D eigenvalue weighted by molar-refractivity contribution is 7.90. The summed E-state index contributed by atoms with van der Waals surface area (Å²) in [5, 5.41) is 0. The molecule has 1 aliphatic heterocycles. The van der Waals surface area contributed by atoms with Gasteiger partial charge in [-0.2, -0.15) is 8.42 Å². The van der Waals surface area contributed by atoms with E-state index in [1.54, 1.807) is 17.2 Å². The summed E-state index contributed by atoms with van der Waals surface area (Å²) in [7, 11) is -3.54. The van der Waals surface area contributed by atoms with Crippen LogP contribution in [0.5, 0.6) is 0 Å². The number of sulfonamides is 1. The van der Waals surface area contributed by atoms with E-state index in [1.165, 1.54) is 12.4 Å². The van der Waals surface area contributed by atoms with Gasteiger partial charge >= 0.3 is 0 Å². The summed E-state index contributed by atoms with van der Waals surface area (Å²) in [4.78, 5) is 5.97. The van der Waals surface area contributed by atoms with Crippen LogP contribution >= 0.6 is 0 Å². The lowest BCUT2D eigenvalue weighted by Gasteiger charge is -2.26. The maximum atomic E-state index is 11.6. The van der Waals surface area contributed by atoms with Crippen molar-refractivity contribution in [2.24, 2.45) is 4.40 Å². The molecule has 0 aromatic carbocycles. The maximum absolute atomic E-state index is 11.6. The van der Waals surface area contributed by atoms with Crippen molar-refractivity contribution in [2.75, 3.05) is 4.90 Å². The minimum Gasteiger partial charge on any atom is -0.313 e. The molecule has 1 aromatic heterocycles. The lowest BCUT2D eigenvalue weighted by atomic mass is 10.3. The fraction of sp³-hybridized carbons (Fsp3) is 0.333. The Morgan fingerprint density at radius 1 is 1.40 bits per heavy atom. The molecule has 80 valence electrons. The van der Waals surface area contributed by atoms with Crippen molar-refractivity contribution in [3.05, 3.63) is 18.3 Å². The average molecular weight is 225 g/mol. The summed E-state index contributed by atoms with van der Waals surface area (Å²) >= 11 is 0. The third-order valence-electron chi connectivity index (χ3n) is 2.14. The molecule has 15 heavy (non-hydrogen) atoms. The van der Waals surface area contributed by atoms with Crippen LogP contribution in [0.15, 0.2) is 27.6 Å². The van der Waals surface area contributed by atoms with Gasteiger partial charge in [-0.25, -0.2) is 4.98 Å². The molecule has 0 radical (unpaired) electrons. The van der Waals surface area contributed by atoms with Gasteiger partial charge in [0.05, 0.1) is 0 Å². The fourth-order valence-corrected chi connectivity index (χ4v) is 2.36. The predicted octanol–water partition coefficient (Wildman–Crippen LogP) is 1.03. The molecule has 1 aliphatic rings. The van der Waals surface area contributed by atoms with Crippen molar-refractivity contribution in [3.8, 4) is 0 Å². The van der Waals surface area contributed by atoms with Gasteiger partial charge in [-0.15, -0.1) is 4.40 Å². The van der Waals surface area contributed by atoms with Crippen LogP contribution in [0.1, 0.15) is 13.8 Å². The molecular formula is C9H11N3O2S. The Kier molecular flexibility index (Phi) is 2.22. The number of hydrogen-bond donors (Lipinski definition) is 0. The second kappa shape index (κ2) is 3.30. The van der Waals surface area contributed by atoms with E-state index in [4.69, 9.17) is 0 Å². The summed E-state index contributed by atoms with van der Waals surface area (Å²) in [5.74, 6) is 0.447. The summed E-state index contributed by atoms with van der Waals surface area (Å²) < 4.78 is 26.7. The molecule has 0 amide bonds. The van der Waals surface area contributed by atoms with E-state index in [-0.39, 0.29) is 10.9 Å². The van der Waals surface area contributed by atoms with Crippen molar-refractivity contribution in [1.29, 1.82) is 0 Å². The first kappa shape index (κ1) is 10.1. The van der Waals surface area contributed by atoms with Crippen molar-refractivity contribution >= 4 is 22.2 Å². The highest BCUT2D eigenvalue weighted by Crippen LogP contribution is 2.27. The molecule has 0 N–H and O–H groups in total. The van der Waals surface area contributed by atoms with Crippen LogP contribution in [0.2, 0.25) is 0 Å². The second-order valence-electron chi connectivity index (χ2n) is 3.52. The molecule has 0 spiro atoms. The van der Waals surface area contributed by atoms with E-state index in [2.05, 4.69) is 9.38 Å². The number of aromatic nitrogens is 1. The van der Waals surface area contributed by atoms with Gasteiger partial charge < -0.3 is 4.90 Å². The molecule has 0 unspecified atom stereocenters. The number of pyridine rings is 1. The first-order valence-electron chi connectivity index (χ1n) is 4.56. The molecular weight excluding hydrogens is 214 g/mol. The van der Waals surface area contributed by atoms with E-state index in [0.717, 1.165) is 0 Å². The largest absolute Gasteiger partial charge is 0.313 e. The lowest BCUT2D eigenvalue weighted by Crippen LogP contribution is -2.34. The summed E-state index contributed by atoms with van der Waals surface area (Å²) in [6.45, 7) is 3.89. The third kappa shape index (κ3) is 1.61. The molecule has 5 nitrogen and oxygen atoms in total. The van der Waals surface area contributed by atoms with Crippen LogP contribution < -0.4 is 4.90 Å². The van der Waals surface area contributed by atoms with Crippen LogP contribution in [-0.4, -0.2) is 25.8 Å². The molecule has 2 rings (SSSR count). The van der Waals surface area contributed by atoms with Gasteiger partial charge in [-0.05, 0) is 26.0 Å². The molecule has 0 bridgehead atoms. The summed E-state index contributed by atoms with van der Waals surface area (Å²) in [5.41, 5.74) is 0. The molecule has 6 heteroatoms. The zero-order valence-corrected chi connectivity index (χ0v) is 9.27. The van der Waals surface area contributed by atoms with E-state index in [1.807, 2.05) is 13.8 Å². The number of nitrogens with zero attached hydrogens (tertiary/aromatic N) is 3. The van der Waals surface area contributed by atoms with Gasteiger partial charge in [0, 0.05) is 12.2 Å². The maximum Gasteiger partial charge on any atom is 0.287 e. The van der Waals surface area contributed by atoms with Gasteiger partial charge in [0.25, 0.3) is 10.0 Å². The van der Waals surface area contributed by atoms with Crippen LogP contribution in [-0.2, 0) is 10.0 Å². The van der Waals surface area contributed by atoms with Crippen molar-refractivity contribution in [3.63, 3.8) is 0 Å². The van der Waals surface area contributed by atoms with Crippen LogP contribution in [0.3, 0.4) is 0 Å². The Balaban J connectivity index is 2.65. The zero-order valence-electron chi connectivity index (χ0n) is 8.45. The number of anilines is 1. The lowest BCUT2D eigenvalue weighted by molar-refractivity contribution is 0.595. The zero-order chi connectivity index (χ0) is 11.1. The number of rotatable bonds is 1. The first-order chi connectivity index (χ1) is 7.02. The molecule has 1 aromatic rings. The summed E-state index contributed by atoms with van der Waals surface area (Å²) in [6.07, 6.45) is 2.89. The van der Waals surface area contributed by atoms with Crippen molar-refractivity contribution < 1.29 is 8.42 Å². The van der Waals surface area contributed by atoms with Gasteiger partial charge in [0.2, 0.25) is 0 Å². The number of fused-ring (bicyclic) bond motifs is 1. The minimum atomic E-state index is -3.54. The predicted molar refractivity (Wildman–Crippen MR) is 57.5 cm³/mol. The minimum absolute atomic E-state index is 0.123. The van der Waals surface area contributed by atoms with Gasteiger partial charge in [-0.3, -0.25) is 0 Å². The van der Waals surface area contributed by atoms with Gasteiger partial charge in [0.1, 0.15) is 11.2 Å². The molecule has 0 fully saturated rings. The third-order valence-corrected chi connectivity index (χ3v) is 3.39. The SMILES string of the molecule is CC(C)N1C=NS(=O)(=O)c2cccnc21. The normalized spacial score (nSPS) is 17.9. The van der Waals surface area contributed by atoms with Crippen LogP contribution in [0.25, 0.3) is 0 Å². The average Bonchev–Trinajstić information content (AvgIpc) is 2.17. The molecule has 0 saturated carbocycles. The van der Waals surface area contributed by atoms with Gasteiger partial charge in [0.15, 0.2) is 5.82 Å². The van der Waals surface area contributed by atoms with E-state index >= 15 is 0 Å². The Labute approximate surface area is 88.5 Å². The molecule has 0 saturated heterocycles. The highest BCUT2D eigenvalue weighted by atomic mass is 32.2. The van der Waals surface area contributed by atoms with Crippen LogP contribution in [0.4, 0.5) is 5.82 Å². The Hall–Kier alpha value is -1.43. The summed E-state index contributed by atoms with van der Waals surface area (Å²) in [6, 6.07) is 3.23. The first-order valence-corrected chi connectivity index (χ1v) is 6.00.